The number of ether oxygens (including phenoxy) is 1. The summed E-state index contributed by atoms with van der Waals surface area (Å²) in [5.74, 6) is -0.524. The van der Waals surface area contributed by atoms with E-state index in [0.29, 0.717) is 25.7 Å². The molecule has 404 valence electrons. The first-order chi connectivity index (χ1) is 34.0. The number of carbonyl (C=O) groups excluding carboxylic acids is 2. The summed E-state index contributed by atoms with van der Waals surface area (Å²) >= 11 is 0. The molecule has 0 rings (SSSR count). The molecule has 0 saturated heterocycles. The van der Waals surface area contributed by atoms with Crippen LogP contribution in [0.2, 0.25) is 0 Å². The van der Waals surface area contributed by atoms with Gasteiger partial charge in [0, 0.05) is 6.42 Å². The summed E-state index contributed by atoms with van der Waals surface area (Å²) in [4.78, 5) is 26.3. The number of hydrogen-bond donors (Lipinski definition) is 3. The normalized spacial score (nSPS) is 13.4. The molecule has 0 heterocycles. The maximum Gasteiger partial charge on any atom is 0.306 e. The van der Waals surface area contributed by atoms with E-state index in [0.717, 1.165) is 64.2 Å². The molecule has 6 nitrogen and oxygen atoms in total. The second kappa shape index (κ2) is 56.7. The summed E-state index contributed by atoms with van der Waals surface area (Å²) in [5.41, 5.74) is 0. The molecule has 0 aliphatic rings. The van der Waals surface area contributed by atoms with Crippen molar-refractivity contribution in [3.8, 4) is 0 Å². The zero-order valence-electron chi connectivity index (χ0n) is 46.2. The quantitative estimate of drug-likeness (QED) is 0.0321. The Hall–Kier alpha value is -2.18. The lowest BCUT2D eigenvalue weighted by molar-refractivity contribution is -0.151. The molecule has 0 aliphatic carbocycles. The number of rotatable bonds is 55. The lowest BCUT2D eigenvalue weighted by Gasteiger charge is -2.24. The van der Waals surface area contributed by atoms with Gasteiger partial charge in [-0.2, -0.15) is 0 Å². The van der Waals surface area contributed by atoms with Crippen LogP contribution in [0.3, 0.4) is 0 Å². The second-order valence-corrected chi connectivity index (χ2v) is 20.8. The van der Waals surface area contributed by atoms with Crippen LogP contribution in [0.5, 0.6) is 0 Å². The van der Waals surface area contributed by atoms with Crippen LogP contribution in [-0.4, -0.2) is 46.9 Å². The molecule has 69 heavy (non-hydrogen) atoms. The maximum atomic E-state index is 13.3. The molecule has 6 heteroatoms. The highest BCUT2D eigenvalue weighted by Gasteiger charge is 2.24. The number of esters is 1. The highest BCUT2D eigenvalue weighted by molar-refractivity contribution is 5.77. The predicted molar refractivity (Wildman–Crippen MR) is 301 cm³/mol. The summed E-state index contributed by atoms with van der Waals surface area (Å²) in [6.45, 7) is 6.49. The minimum Gasteiger partial charge on any atom is -0.462 e. The van der Waals surface area contributed by atoms with Gasteiger partial charge in [-0.25, -0.2) is 0 Å². The molecule has 3 unspecified atom stereocenters. The Bertz CT molecular complexity index is 1180. The number of amides is 1. The highest BCUT2D eigenvalue weighted by Crippen LogP contribution is 2.19. The fourth-order valence-electron chi connectivity index (χ4n) is 9.31. The molecule has 3 N–H and O–H groups in total. The highest BCUT2D eigenvalue weighted by atomic mass is 16.5. The molecular weight excluding hydrogens is 851 g/mol. The Balaban J connectivity index is 4.60. The number of unbranched alkanes of at least 4 members (excludes halogenated alkanes) is 35. The first-order valence-corrected chi connectivity index (χ1v) is 30.4. The van der Waals surface area contributed by atoms with E-state index in [-0.39, 0.29) is 24.9 Å². The molecule has 0 aromatic rings. The number of hydrogen-bond acceptors (Lipinski definition) is 5. The molecule has 0 aromatic carbocycles. The molecule has 1 amide bonds. The average molecular weight is 969 g/mol. The Morgan fingerprint density at radius 1 is 0.420 bits per heavy atom. The summed E-state index contributed by atoms with van der Waals surface area (Å²) in [7, 11) is 0. The van der Waals surface area contributed by atoms with Gasteiger partial charge in [0.2, 0.25) is 5.91 Å². The van der Waals surface area contributed by atoms with E-state index in [9.17, 15) is 19.8 Å². The fraction of sp³-hybridized carbons (Fsp3) is 0.841. The van der Waals surface area contributed by atoms with Gasteiger partial charge in [0.15, 0.2) is 0 Å². The smallest absolute Gasteiger partial charge is 0.306 e. The van der Waals surface area contributed by atoms with Gasteiger partial charge in [0.25, 0.3) is 0 Å². The third-order valence-electron chi connectivity index (χ3n) is 13.9. The molecule has 0 spiro atoms. The first kappa shape index (κ1) is 66.8. The van der Waals surface area contributed by atoms with Gasteiger partial charge < -0.3 is 20.3 Å². The van der Waals surface area contributed by atoms with Crippen molar-refractivity contribution < 1.29 is 24.5 Å². The molecule has 0 radical (unpaired) electrons. The van der Waals surface area contributed by atoms with E-state index in [1.54, 1.807) is 0 Å². The number of allylic oxidation sites excluding steroid dienone is 8. The standard InChI is InChI=1S/C63H117NO5/c1-4-7-10-13-16-19-22-25-28-31-33-36-39-42-45-48-51-54-59(69-63(68)56-53-50-47-44-41-38-35-32-29-26-23-20-17-14-11-8-5-2)57-62(67)64-60(58-65)61(66)55-52-49-46-43-40-37-34-30-27-24-21-18-15-12-9-6-3/h17,20,26,29,35,38,44,47,59-61,65-66H,4-16,18-19,21-25,27-28,30-34,36-37,39-43,45-46,48-58H2,1-3H3,(H,64,67)/b20-17-,29-26-,38-35-,47-44-. The third-order valence-corrected chi connectivity index (χ3v) is 13.9. The molecular formula is C63H117NO5. The van der Waals surface area contributed by atoms with E-state index in [2.05, 4.69) is 74.7 Å². The number of aliphatic hydroxyl groups excluding tert-OH is 2. The lowest BCUT2D eigenvalue weighted by atomic mass is 10.0. The van der Waals surface area contributed by atoms with Crippen LogP contribution in [0.15, 0.2) is 48.6 Å². The van der Waals surface area contributed by atoms with Crippen molar-refractivity contribution in [2.45, 2.75) is 334 Å². The van der Waals surface area contributed by atoms with Gasteiger partial charge in [-0.15, -0.1) is 0 Å². The molecule has 0 bridgehead atoms. The lowest BCUT2D eigenvalue weighted by Crippen LogP contribution is -2.46. The zero-order valence-corrected chi connectivity index (χ0v) is 46.2. The Labute approximate surface area is 429 Å². The van der Waals surface area contributed by atoms with Crippen molar-refractivity contribution in [3.63, 3.8) is 0 Å². The predicted octanol–water partition coefficient (Wildman–Crippen LogP) is 19.0. The van der Waals surface area contributed by atoms with Crippen molar-refractivity contribution in [2.75, 3.05) is 6.61 Å². The van der Waals surface area contributed by atoms with Crippen LogP contribution in [0.4, 0.5) is 0 Å². The van der Waals surface area contributed by atoms with E-state index in [1.807, 2.05) is 0 Å². The number of aliphatic hydroxyl groups is 2. The van der Waals surface area contributed by atoms with Crippen LogP contribution >= 0.6 is 0 Å². The molecule has 3 atom stereocenters. The van der Waals surface area contributed by atoms with Crippen LogP contribution in [0.25, 0.3) is 0 Å². The van der Waals surface area contributed by atoms with Crippen molar-refractivity contribution in [1.82, 2.24) is 5.32 Å². The molecule has 0 aromatic heterocycles. The van der Waals surface area contributed by atoms with Crippen LogP contribution in [0, 0.1) is 0 Å². The van der Waals surface area contributed by atoms with Gasteiger partial charge in [0.1, 0.15) is 6.10 Å². The molecule has 0 aliphatic heterocycles. The Kier molecular flexibility index (Phi) is 54.9. The van der Waals surface area contributed by atoms with Gasteiger partial charge in [-0.1, -0.05) is 288 Å². The van der Waals surface area contributed by atoms with Crippen molar-refractivity contribution in [1.29, 1.82) is 0 Å². The van der Waals surface area contributed by atoms with Gasteiger partial charge in [-0.05, 0) is 64.2 Å². The van der Waals surface area contributed by atoms with Gasteiger partial charge in [-0.3, -0.25) is 9.59 Å². The Morgan fingerprint density at radius 3 is 1.12 bits per heavy atom. The summed E-state index contributed by atoms with van der Waals surface area (Å²) in [6, 6.07) is -0.712. The zero-order chi connectivity index (χ0) is 50.2. The minimum atomic E-state index is -0.797. The number of carbonyl (C=O) groups is 2. The maximum absolute atomic E-state index is 13.3. The largest absolute Gasteiger partial charge is 0.462 e. The van der Waals surface area contributed by atoms with Crippen molar-refractivity contribution >= 4 is 11.9 Å². The van der Waals surface area contributed by atoms with E-state index in [1.165, 1.54) is 199 Å². The minimum absolute atomic E-state index is 0.0596. The monoisotopic (exact) mass is 968 g/mol. The molecule has 0 saturated carbocycles. The van der Waals surface area contributed by atoms with E-state index < -0.39 is 18.2 Å². The molecule has 0 fully saturated rings. The second-order valence-electron chi connectivity index (χ2n) is 20.8. The summed E-state index contributed by atoms with van der Waals surface area (Å²) in [5, 5.41) is 23.9. The average Bonchev–Trinajstić information content (AvgIpc) is 3.34. The Morgan fingerprint density at radius 2 is 0.739 bits per heavy atom. The van der Waals surface area contributed by atoms with Crippen molar-refractivity contribution in [3.05, 3.63) is 48.6 Å². The van der Waals surface area contributed by atoms with Crippen LogP contribution in [-0.2, 0) is 14.3 Å². The van der Waals surface area contributed by atoms with Gasteiger partial charge in [0.05, 0.1) is 25.2 Å². The van der Waals surface area contributed by atoms with E-state index in [4.69, 9.17) is 4.74 Å². The van der Waals surface area contributed by atoms with E-state index >= 15 is 0 Å². The third kappa shape index (κ3) is 52.0. The van der Waals surface area contributed by atoms with Crippen molar-refractivity contribution in [2.24, 2.45) is 0 Å². The first-order valence-electron chi connectivity index (χ1n) is 30.4. The van der Waals surface area contributed by atoms with Crippen LogP contribution in [0.1, 0.15) is 316 Å². The fourth-order valence-corrected chi connectivity index (χ4v) is 9.31. The topological polar surface area (TPSA) is 95.9 Å². The number of nitrogens with one attached hydrogen (secondary N) is 1. The van der Waals surface area contributed by atoms with Crippen LogP contribution < -0.4 is 5.32 Å². The summed E-state index contributed by atoms with van der Waals surface area (Å²) in [6.07, 6.45) is 70.4. The SMILES string of the molecule is CCCCC/C=C\C/C=C\C/C=C\C/C=C\CCCC(=O)OC(CCCCCCCCCCCCCCCCCCC)CC(=O)NC(CO)C(O)CCCCCCCCCCCCCCCCCC. The van der Waals surface area contributed by atoms with Gasteiger partial charge >= 0.3 is 5.97 Å². The summed E-state index contributed by atoms with van der Waals surface area (Å²) < 4.78 is 5.95.